The molecule has 0 radical (unpaired) electrons. The SMILES string of the molecule is COc1ccc2cc(C(=O)N[C@@H]3C[C@@H]3CNC(=O)CC3(C)CC3)[nH]c2c1. The first-order valence-corrected chi connectivity index (χ1v) is 9.20. The number of rotatable bonds is 7. The van der Waals surface area contributed by atoms with Gasteiger partial charge in [-0.25, -0.2) is 0 Å². The summed E-state index contributed by atoms with van der Waals surface area (Å²) in [6.45, 7) is 2.80. The Labute approximate surface area is 152 Å². The Morgan fingerprint density at radius 3 is 2.85 bits per heavy atom. The monoisotopic (exact) mass is 355 g/mol. The summed E-state index contributed by atoms with van der Waals surface area (Å²) in [7, 11) is 1.62. The molecule has 4 rings (SSSR count). The van der Waals surface area contributed by atoms with Gasteiger partial charge in [0.1, 0.15) is 11.4 Å². The highest BCUT2D eigenvalue weighted by Gasteiger charge is 2.41. The molecule has 0 bridgehead atoms. The number of carbonyl (C=O) groups excluding carboxylic acids is 2. The van der Waals surface area contributed by atoms with Gasteiger partial charge in [0.25, 0.3) is 5.91 Å². The van der Waals surface area contributed by atoms with Crippen molar-refractivity contribution in [3.63, 3.8) is 0 Å². The van der Waals surface area contributed by atoms with Crippen LogP contribution in [0.5, 0.6) is 5.75 Å². The van der Waals surface area contributed by atoms with Crippen LogP contribution in [0.25, 0.3) is 10.9 Å². The molecular formula is C20H25N3O3. The Morgan fingerprint density at radius 2 is 2.12 bits per heavy atom. The normalized spacial score (nSPS) is 22.7. The van der Waals surface area contributed by atoms with E-state index in [0.29, 0.717) is 24.6 Å². The number of hydrogen-bond donors (Lipinski definition) is 3. The molecular weight excluding hydrogens is 330 g/mol. The van der Waals surface area contributed by atoms with Gasteiger partial charge in [0.05, 0.1) is 7.11 Å². The average molecular weight is 355 g/mol. The van der Waals surface area contributed by atoms with Gasteiger partial charge in [-0.15, -0.1) is 0 Å². The Bertz CT molecular complexity index is 853. The van der Waals surface area contributed by atoms with E-state index in [1.54, 1.807) is 7.11 Å². The summed E-state index contributed by atoms with van der Waals surface area (Å²) in [5.41, 5.74) is 1.66. The number of ether oxygens (including phenoxy) is 1. The number of carbonyl (C=O) groups is 2. The largest absolute Gasteiger partial charge is 0.497 e. The molecule has 26 heavy (non-hydrogen) atoms. The van der Waals surface area contributed by atoms with Crippen LogP contribution in [0.1, 0.15) is 43.1 Å². The van der Waals surface area contributed by atoms with E-state index in [0.717, 1.165) is 35.9 Å². The van der Waals surface area contributed by atoms with Gasteiger partial charge in [-0.3, -0.25) is 9.59 Å². The molecule has 6 heteroatoms. The van der Waals surface area contributed by atoms with Crippen LogP contribution in [0.3, 0.4) is 0 Å². The molecule has 2 fully saturated rings. The molecule has 2 aliphatic rings. The van der Waals surface area contributed by atoms with E-state index in [9.17, 15) is 9.59 Å². The minimum absolute atomic E-state index is 0.107. The van der Waals surface area contributed by atoms with Crippen LogP contribution >= 0.6 is 0 Å². The van der Waals surface area contributed by atoms with Crippen LogP contribution in [-0.4, -0.2) is 36.5 Å². The Morgan fingerprint density at radius 1 is 1.31 bits per heavy atom. The van der Waals surface area contributed by atoms with Crippen LogP contribution in [0, 0.1) is 11.3 Å². The average Bonchev–Trinajstić information content (AvgIpc) is 3.48. The maximum Gasteiger partial charge on any atom is 0.267 e. The molecule has 1 aromatic carbocycles. The third-order valence-electron chi connectivity index (χ3n) is 5.57. The van der Waals surface area contributed by atoms with Gasteiger partial charge in [-0.05, 0) is 48.8 Å². The summed E-state index contributed by atoms with van der Waals surface area (Å²) < 4.78 is 5.21. The molecule has 1 aromatic heterocycles. The van der Waals surface area contributed by atoms with E-state index in [1.165, 1.54) is 0 Å². The number of nitrogens with one attached hydrogen (secondary N) is 3. The second-order valence-corrected chi connectivity index (χ2v) is 8.00. The zero-order valence-electron chi connectivity index (χ0n) is 15.2. The third-order valence-corrected chi connectivity index (χ3v) is 5.57. The number of H-pyrrole nitrogens is 1. The fourth-order valence-electron chi connectivity index (χ4n) is 3.34. The Kier molecular flexibility index (Phi) is 4.13. The molecule has 2 aromatic rings. The van der Waals surface area contributed by atoms with E-state index >= 15 is 0 Å². The van der Waals surface area contributed by atoms with Crippen molar-refractivity contribution in [2.24, 2.45) is 11.3 Å². The van der Waals surface area contributed by atoms with Crippen molar-refractivity contribution in [1.82, 2.24) is 15.6 Å². The summed E-state index contributed by atoms with van der Waals surface area (Å²) in [4.78, 5) is 27.5. The lowest BCUT2D eigenvalue weighted by molar-refractivity contribution is -0.122. The van der Waals surface area contributed by atoms with Crippen molar-refractivity contribution in [3.05, 3.63) is 30.0 Å². The zero-order chi connectivity index (χ0) is 18.3. The van der Waals surface area contributed by atoms with Crippen LogP contribution in [0.2, 0.25) is 0 Å². The number of methoxy groups -OCH3 is 1. The maximum absolute atomic E-state index is 12.4. The van der Waals surface area contributed by atoms with Crippen molar-refractivity contribution in [3.8, 4) is 5.75 Å². The molecule has 0 unspecified atom stereocenters. The fraction of sp³-hybridized carbons (Fsp3) is 0.500. The Hall–Kier alpha value is -2.50. The van der Waals surface area contributed by atoms with Crippen molar-refractivity contribution in [2.45, 2.75) is 38.6 Å². The first-order chi connectivity index (χ1) is 12.5. The summed E-state index contributed by atoms with van der Waals surface area (Å²) in [5, 5.41) is 7.02. The molecule has 2 atom stereocenters. The number of aromatic nitrogens is 1. The molecule has 0 spiro atoms. The molecule has 2 aliphatic carbocycles. The third kappa shape index (κ3) is 3.69. The zero-order valence-corrected chi connectivity index (χ0v) is 15.2. The lowest BCUT2D eigenvalue weighted by Gasteiger charge is -2.09. The smallest absolute Gasteiger partial charge is 0.267 e. The molecule has 138 valence electrons. The van der Waals surface area contributed by atoms with Gasteiger partial charge < -0.3 is 20.4 Å². The second-order valence-electron chi connectivity index (χ2n) is 8.00. The van der Waals surface area contributed by atoms with Crippen LogP contribution in [-0.2, 0) is 4.79 Å². The molecule has 2 amide bonds. The highest BCUT2D eigenvalue weighted by Crippen LogP contribution is 2.48. The lowest BCUT2D eigenvalue weighted by Crippen LogP contribution is -2.32. The van der Waals surface area contributed by atoms with E-state index in [4.69, 9.17) is 4.74 Å². The fourth-order valence-corrected chi connectivity index (χ4v) is 3.34. The lowest BCUT2D eigenvalue weighted by atomic mass is 10.1. The number of aromatic amines is 1. The predicted octanol–water partition coefficient (Wildman–Crippen LogP) is 2.60. The topological polar surface area (TPSA) is 83.2 Å². The van der Waals surface area contributed by atoms with E-state index < -0.39 is 0 Å². The van der Waals surface area contributed by atoms with Crippen molar-refractivity contribution >= 4 is 22.7 Å². The highest BCUT2D eigenvalue weighted by molar-refractivity contribution is 5.98. The highest BCUT2D eigenvalue weighted by atomic mass is 16.5. The molecule has 0 saturated heterocycles. The molecule has 2 saturated carbocycles. The molecule has 3 N–H and O–H groups in total. The first kappa shape index (κ1) is 16.9. The van der Waals surface area contributed by atoms with E-state index in [1.807, 2.05) is 24.3 Å². The van der Waals surface area contributed by atoms with Crippen LogP contribution in [0.4, 0.5) is 0 Å². The number of hydrogen-bond acceptors (Lipinski definition) is 3. The first-order valence-electron chi connectivity index (χ1n) is 9.20. The van der Waals surface area contributed by atoms with E-state index in [2.05, 4.69) is 22.5 Å². The van der Waals surface area contributed by atoms with Gasteiger partial charge >= 0.3 is 0 Å². The van der Waals surface area contributed by atoms with Crippen molar-refractivity contribution in [1.29, 1.82) is 0 Å². The number of benzene rings is 1. The van der Waals surface area contributed by atoms with Crippen molar-refractivity contribution < 1.29 is 14.3 Å². The molecule has 1 heterocycles. The quantitative estimate of drug-likeness (QED) is 0.714. The van der Waals surface area contributed by atoms with Gasteiger partial charge in [0.15, 0.2) is 0 Å². The minimum atomic E-state index is -0.107. The number of amides is 2. The molecule has 0 aliphatic heterocycles. The summed E-state index contributed by atoms with van der Waals surface area (Å²) in [6.07, 6.45) is 3.84. The van der Waals surface area contributed by atoms with Crippen LogP contribution in [0.15, 0.2) is 24.3 Å². The van der Waals surface area contributed by atoms with Crippen molar-refractivity contribution in [2.75, 3.05) is 13.7 Å². The standard InChI is InChI=1S/C20H25N3O3/c1-20(5-6-20)10-18(24)21-11-13-8-15(13)23-19(25)17-7-12-3-4-14(26-2)9-16(12)22-17/h3-4,7,9,13,15,22H,5-6,8,10-11H2,1-2H3,(H,21,24)(H,23,25)/t13-,15-/m1/s1. The second kappa shape index (κ2) is 6.34. The summed E-state index contributed by atoms with van der Waals surface area (Å²) >= 11 is 0. The van der Waals surface area contributed by atoms with E-state index in [-0.39, 0.29) is 23.3 Å². The van der Waals surface area contributed by atoms with Crippen LogP contribution < -0.4 is 15.4 Å². The van der Waals surface area contributed by atoms with Gasteiger partial charge in [0, 0.05) is 36.0 Å². The maximum atomic E-state index is 12.4. The number of fused-ring (bicyclic) bond motifs is 1. The minimum Gasteiger partial charge on any atom is -0.497 e. The van der Waals surface area contributed by atoms with Gasteiger partial charge in [0.2, 0.25) is 5.91 Å². The summed E-state index contributed by atoms with van der Waals surface area (Å²) in [6, 6.07) is 7.67. The van der Waals surface area contributed by atoms with Gasteiger partial charge in [-0.2, -0.15) is 0 Å². The molecule has 6 nitrogen and oxygen atoms in total. The predicted molar refractivity (Wildman–Crippen MR) is 99.2 cm³/mol. The van der Waals surface area contributed by atoms with Gasteiger partial charge in [-0.1, -0.05) is 6.92 Å². The Balaban J connectivity index is 1.27. The summed E-state index contributed by atoms with van der Waals surface area (Å²) in [5.74, 6) is 1.11.